The van der Waals surface area contributed by atoms with Crippen molar-refractivity contribution >= 4 is 0 Å². The summed E-state index contributed by atoms with van der Waals surface area (Å²) in [5, 5.41) is 13.5. The Morgan fingerprint density at radius 2 is 1.81 bits per heavy atom. The Morgan fingerprint density at radius 1 is 1.19 bits per heavy atom. The number of hydrogen-bond donors (Lipinski definition) is 2. The van der Waals surface area contributed by atoms with Crippen molar-refractivity contribution in [1.29, 1.82) is 0 Å². The molecule has 116 valence electrons. The molecule has 1 aromatic carbocycles. The zero-order chi connectivity index (χ0) is 14.7. The normalized spacial score (nSPS) is 29.0. The summed E-state index contributed by atoms with van der Waals surface area (Å²) >= 11 is 0. The SMILES string of the molecule is COCC(O)CCNC1C2CCC1Cc1ccccc1C2. The summed E-state index contributed by atoms with van der Waals surface area (Å²) in [6.07, 6.45) is 5.55. The fourth-order valence-corrected chi connectivity index (χ4v) is 4.18. The minimum Gasteiger partial charge on any atom is -0.391 e. The first-order valence-electron chi connectivity index (χ1n) is 8.25. The lowest BCUT2D eigenvalue weighted by atomic mass is 9.94. The van der Waals surface area contributed by atoms with Crippen molar-refractivity contribution in [3.05, 3.63) is 35.4 Å². The van der Waals surface area contributed by atoms with Crippen LogP contribution in [0.25, 0.3) is 0 Å². The Labute approximate surface area is 127 Å². The van der Waals surface area contributed by atoms with Crippen molar-refractivity contribution in [3.8, 4) is 0 Å². The van der Waals surface area contributed by atoms with E-state index in [0.29, 0.717) is 12.6 Å². The summed E-state index contributed by atoms with van der Waals surface area (Å²) in [4.78, 5) is 0. The van der Waals surface area contributed by atoms with Gasteiger partial charge in [0.25, 0.3) is 0 Å². The Balaban J connectivity index is 1.58. The molecule has 0 amide bonds. The highest BCUT2D eigenvalue weighted by molar-refractivity contribution is 5.30. The van der Waals surface area contributed by atoms with Crippen molar-refractivity contribution in [2.45, 2.75) is 44.2 Å². The van der Waals surface area contributed by atoms with Gasteiger partial charge in [-0.15, -0.1) is 0 Å². The number of aliphatic hydroxyl groups is 1. The molecule has 2 aliphatic rings. The summed E-state index contributed by atoms with van der Waals surface area (Å²) in [5.41, 5.74) is 3.10. The molecular weight excluding hydrogens is 262 g/mol. The van der Waals surface area contributed by atoms with E-state index in [1.807, 2.05) is 0 Å². The average Bonchev–Trinajstić information content (AvgIpc) is 2.75. The lowest BCUT2D eigenvalue weighted by molar-refractivity contribution is 0.0584. The lowest BCUT2D eigenvalue weighted by Gasteiger charge is -2.24. The average molecular weight is 289 g/mol. The molecule has 0 radical (unpaired) electrons. The molecule has 0 heterocycles. The molecule has 0 spiro atoms. The number of methoxy groups -OCH3 is 1. The van der Waals surface area contributed by atoms with Crippen molar-refractivity contribution in [1.82, 2.24) is 5.32 Å². The van der Waals surface area contributed by atoms with Gasteiger partial charge >= 0.3 is 0 Å². The minimum absolute atomic E-state index is 0.344. The second-order valence-corrected chi connectivity index (χ2v) is 6.65. The molecule has 2 aliphatic carbocycles. The fourth-order valence-electron chi connectivity index (χ4n) is 4.18. The van der Waals surface area contributed by atoms with Crippen molar-refractivity contribution < 1.29 is 9.84 Å². The van der Waals surface area contributed by atoms with E-state index in [9.17, 15) is 5.11 Å². The van der Waals surface area contributed by atoms with Gasteiger partial charge in [-0.3, -0.25) is 0 Å². The summed E-state index contributed by atoms with van der Waals surface area (Å²) in [7, 11) is 1.64. The third kappa shape index (κ3) is 3.47. The van der Waals surface area contributed by atoms with Crippen molar-refractivity contribution in [2.75, 3.05) is 20.3 Å². The third-order valence-corrected chi connectivity index (χ3v) is 5.22. The molecule has 3 heteroatoms. The molecule has 1 aromatic rings. The number of nitrogens with one attached hydrogen (secondary N) is 1. The molecule has 3 nitrogen and oxygen atoms in total. The number of hydrogen-bond acceptors (Lipinski definition) is 3. The summed E-state index contributed by atoms with van der Waals surface area (Å²) in [6, 6.07) is 9.56. The van der Waals surface area contributed by atoms with Crippen LogP contribution in [-0.4, -0.2) is 37.5 Å². The van der Waals surface area contributed by atoms with Gasteiger partial charge in [-0.1, -0.05) is 24.3 Å². The van der Waals surface area contributed by atoms with Crippen LogP contribution in [0.4, 0.5) is 0 Å². The molecule has 0 saturated heterocycles. The first-order valence-corrected chi connectivity index (χ1v) is 8.25. The largest absolute Gasteiger partial charge is 0.391 e. The Kier molecular flexibility index (Phi) is 4.94. The number of rotatable bonds is 6. The molecule has 3 unspecified atom stereocenters. The number of aliphatic hydroxyl groups excluding tert-OH is 1. The highest BCUT2D eigenvalue weighted by Gasteiger charge is 2.38. The Morgan fingerprint density at radius 3 is 2.38 bits per heavy atom. The quantitative estimate of drug-likeness (QED) is 0.843. The van der Waals surface area contributed by atoms with Crippen LogP contribution in [0.1, 0.15) is 30.4 Å². The zero-order valence-electron chi connectivity index (χ0n) is 12.9. The fraction of sp³-hybridized carbons (Fsp3) is 0.667. The molecule has 21 heavy (non-hydrogen) atoms. The Hall–Kier alpha value is -0.900. The van der Waals surface area contributed by atoms with Crippen LogP contribution in [-0.2, 0) is 17.6 Å². The molecule has 0 aromatic heterocycles. The van der Waals surface area contributed by atoms with Crippen LogP contribution in [0.5, 0.6) is 0 Å². The second kappa shape index (κ2) is 6.91. The van der Waals surface area contributed by atoms with E-state index >= 15 is 0 Å². The van der Waals surface area contributed by atoms with E-state index in [4.69, 9.17) is 4.74 Å². The first-order chi connectivity index (χ1) is 10.3. The van der Waals surface area contributed by atoms with Crippen LogP contribution in [0, 0.1) is 11.8 Å². The molecule has 0 aliphatic heterocycles. The monoisotopic (exact) mass is 289 g/mol. The molecule has 1 fully saturated rings. The molecule has 2 N–H and O–H groups in total. The van der Waals surface area contributed by atoms with Crippen LogP contribution in [0.3, 0.4) is 0 Å². The van der Waals surface area contributed by atoms with Gasteiger partial charge in [0, 0.05) is 13.2 Å². The number of ether oxygens (including phenoxy) is 1. The first kappa shape index (κ1) is 15.0. The standard InChI is InChI=1S/C18H27NO2/c1-21-12-17(20)8-9-19-18-15-6-7-16(18)11-14-5-3-2-4-13(14)10-15/h2-5,15-20H,6-12H2,1H3. The summed E-state index contributed by atoms with van der Waals surface area (Å²) < 4.78 is 4.99. The molecule has 3 atom stereocenters. The highest BCUT2D eigenvalue weighted by Crippen LogP contribution is 2.39. The van der Waals surface area contributed by atoms with Crippen LogP contribution in [0.15, 0.2) is 24.3 Å². The van der Waals surface area contributed by atoms with Gasteiger partial charge in [-0.05, 0) is 61.6 Å². The molecule has 2 bridgehead atoms. The second-order valence-electron chi connectivity index (χ2n) is 6.65. The predicted octanol–water partition coefficient (Wildman–Crippen LogP) is 2.17. The summed E-state index contributed by atoms with van der Waals surface area (Å²) in [6.45, 7) is 1.32. The number of fused-ring (bicyclic) bond motifs is 3. The third-order valence-electron chi connectivity index (χ3n) is 5.22. The summed E-state index contributed by atoms with van der Waals surface area (Å²) in [5.74, 6) is 1.52. The van der Waals surface area contributed by atoms with Gasteiger partial charge in [0.05, 0.1) is 12.7 Å². The van der Waals surface area contributed by atoms with E-state index in [-0.39, 0.29) is 6.10 Å². The van der Waals surface area contributed by atoms with Crippen LogP contribution in [0.2, 0.25) is 0 Å². The topological polar surface area (TPSA) is 41.5 Å². The van der Waals surface area contributed by atoms with Crippen molar-refractivity contribution in [3.63, 3.8) is 0 Å². The van der Waals surface area contributed by atoms with E-state index in [0.717, 1.165) is 24.8 Å². The van der Waals surface area contributed by atoms with Gasteiger partial charge in [-0.2, -0.15) is 0 Å². The van der Waals surface area contributed by atoms with Gasteiger partial charge in [0.1, 0.15) is 0 Å². The highest BCUT2D eigenvalue weighted by atomic mass is 16.5. The van der Waals surface area contributed by atoms with E-state index < -0.39 is 0 Å². The van der Waals surface area contributed by atoms with Crippen molar-refractivity contribution in [2.24, 2.45) is 11.8 Å². The number of benzene rings is 1. The van der Waals surface area contributed by atoms with Crippen LogP contribution < -0.4 is 5.32 Å². The maximum atomic E-state index is 9.76. The van der Waals surface area contributed by atoms with Gasteiger partial charge in [-0.25, -0.2) is 0 Å². The predicted molar refractivity (Wildman–Crippen MR) is 84.4 cm³/mol. The smallest absolute Gasteiger partial charge is 0.0785 e. The lowest BCUT2D eigenvalue weighted by Crippen LogP contribution is -2.39. The van der Waals surface area contributed by atoms with E-state index in [1.54, 1.807) is 18.2 Å². The van der Waals surface area contributed by atoms with Gasteiger partial charge in [0.2, 0.25) is 0 Å². The van der Waals surface area contributed by atoms with E-state index in [1.165, 1.54) is 25.7 Å². The maximum absolute atomic E-state index is 9.76. The zero-order valence-corrected chi connectivity index (χ0v) is 12.9. The maximum Gasteiger partial charge on any atom is 0.0785 e. The van der Waals surface area contributed by atoms with Gasteiger partial charge < -0.3 is 15.2 Å². The van der Waals surface area contributed by atoms with Gasteiger partial charge in [0.15, 0.2) is 0 Å². The van der Waals surface area contributed by atoms with E-state index in [2.05, 4.69) is 29.6 Å². The molecular formula is C18H27NO2. The molecule has 1 saturated carbocycles. The molecule has 3 rings (SSSR count). The Bertz CT molecular complexity index is 429. The minimum atomic E-state index is -0.344. The van der Waals surface area contributed by atoms with Crippen LogP contribution >= 0.6 is 0 Å².